The highest BCUT2D eigenvalue weighted by Crippen LogP contribution is 2.44. The van der Waals surface area contributed by atoms with Crippen LogP contribution in [0.25, 0.3) is 0 Å². The van der Waals surface area contributed by atoms with Crippen molar-refractivity contribution in [3.8, 4) is 17.2 Å². The molecule has 0 aliphatic carbocycles. The Bertz CT molecular complexity index is 735. The van der Waals surface area contributed by atoms with Gasteiger partial charge in [-0.3, -0.25) is 0 Å². The van der Waals surface area contributed by atoms with E-state index in [-0.39, 0.29) is 11.1 Å². The van der Waals surface area contributed by atoms with Gasteiger partial charge in [-0.1, -0.05) is 0 Å². The molecule has 8 heteroatoms. The highest BCUT2D eigenvalue weighted by atomic mass is 16.5. The summed E-state index contributed by atoms with van der Waals surface area (Å²) in [5.74, 6) is -0.655. The normalized spacial score (nSPS) is 13.7. The molecule has 1 N–H and O–H groups in total. The molecule has 0 unspecified atom stereocenters. The Morgan fingerprint density at radius 3 is 1.65 bits per heavy atom. The Morgan fingerprint density at radius 1 is 0.769 bits per heavy atom. The van der Waals surface area contributed by atoms with Crippen molar-refractivity contribution >= 4 is 11.9 Å². The number of ether oxygens (including phenoxy) is 5. The van der Waals surface area contributed by atoms with Crippen LogP contribution in [0.2, 0.25) is 0 Å². The van der Waals surface area contributed by atoms with Gasteiger partial charge >= 0.3 is 11.9 Å². The monoisotopic (exact) mass is 363 g/mol. The number of rotatable bonds is 6. The third-order valence-corrected chi connectivity index (χ3v) is 3.99. The van der Waals surface area contributed by atoms with E-state index in [0.717, 1.165) is 0 Å². The van der Waals surface area contributed by atoms with Gasteiger partial charge in [0.15, 0.2) is 11.5 Å². The number of carbonyl (C=O) groups excluding carboxylic acids is 2. The zero-order valence-electron chi connectivity index (χ0n) is 15.2. The summed E-state index contributed by atoms with van der Waals surface area (Å²) in [5.41, 5.74) is 0.974. The first-order chi connectivity index (χ1) is 12.5. The van der Waals surface area contributed by atoms with Crippen LogP contribution in [-0.4, -0.2) is 47.5 Å². The summed E-state index contributed by atoms with van der Waals surface area (Å²) in [6.07, 6.45) is 2.94. The maximum Gasteiger partial charge on any atom is 0.336 e. The number of hydrogen-bond donors (Lipinski definition) is 1. The number of nitrogens with one attached hydrogen (secondary N) is 1. The second kappa shape index (κ2) is 8.28. The van der Waals surface area contributed by atoms with E-state index >= 15 is 0 Å². The molecular weight excluding hydrogens is 342 g/mol. The first kappa shape index (κ1) is 19.2. The Morgan fingerprint density at radius 2 is 1.23 bits per heavy atom. The van der Waals surface area contributed by atoms with Crippen LogP contribution in [0.1, 0.15) is 11.5 Å². The molecule has 140 valence electrons. The predicted octanol–water partition coefficient (Wildman–Crippen LogP) is 1.51. The van der Waals surface area contributed by atoms with Crippen LogP contribution >= 0.6 is 0 Å². The van der Waals surface area contributed by atoms with Gasteiger partial charge in [0.1, 0.15) is 5.75 Å². The van der Waals surface area contributed by atoms with Crippen molar-refractivity contribution in [3.05, 3.63) is 41.2 Å². The summed E-state index contributed by atoms with van der Waals surface area (Å²) >= 11 is 0. The molecule has 8 nitrogen and oxygen atoms in total. The lowest BCUT2D eigenvalue weighted by Gasteiger charge is -2.26. The molecule has 0 saturated heterocycles. The zero-order chi connectivity index (χ0) is 19.3. The summed E-state index contributed by atoms with van der Waals surface area (Å²) < 4.78 is 25.8. The molecule has 1 aromatic rings. The quantitative estimate of drug-likeness (QED) is 0.761. The predicted molar refractivity (Wildman–Crippen MR) is 92.2 cm³/mol. The third-order valence-electron chi connectivity index (χ3n) is 3.99. The van der Waals surface area contributed by atoms with Crippen molar-refractivity contribution in [2.75, 3.05) is 35.5 Å². The molecule has 0 radical (unpaired) electrons. The van der Waals surface area contributed by atoms with Gasteiger partial charge < -0.3 is 29.0 Å². The maximum absolute atomic E-state index is 12.3. The number of esters is 2. The van der Waals surface area contributed by atoms with Crippen molar-refractivity contribution < 1.29 is 33.3 Å². The zero-order valence-corrected chi connectivity index (χ0v) is 15.2. The standard InChI is InChI=1S/C18H21NO7/c1-22-13-7-15(24-3)14(23-2)6-10(13)16-11(17(20)25-4)8-19-9-12(16)18(21)26-5/h6-9,16,19H,1-5H3. The topological polar surface area (TPSA) is 92.3 Å². The molecule has 1 aliphatic rings. The van der Waals surface area contributed by atoms with E-state index in [1.54, 1.807) is 12.1 Å². The van der Waals surface area contributed by atoms with E-state index in [2.05, 4.69) is 5.32 Å². The minimum atomic E-state index is -0.772. The number of benzene rings is 1. The smallest absolute Gasteiger partial charge is 0.336 e. The van der Waals surface area contributed by atoms with Gasteiger partial charge in [0.25, 0.3) is 0 Å². The highest BCUT2D eigenvalue weighted by Gasteiger charge is 2.36. The van der Waals surface area contributed by atoms with Crippen LogP contribution in [-0.2, 0) is 19.1 Å². The average molecular weight is 363 g/mol. The fraction of sp³-hybridized carbons (Fsp3) is 0.333. The first-order valence-corrected chi connectivity index (χ1v) is 7.65. The van der Waals surface area contributed by atoms with Crippen molar-refractivity contribution in [2.45, 2.75) is 5.92 Å². The molecule has 1 heterocycles. The van der Waals surface area contributed by atoms with E-state index in [9.17, 15) is 9.59 Å². The second-order valence-corrected chi connectivity index (χ2v) is 5.23. The van der Waals surface area contributed by atoms with Crippen molar-refractivity contribution in [2.24, 2.45) is 0 Å². The maximum atomic E-state index is 12.3. The molecule has 0 spiro atoms. The molecular formula is C18H21NO7. The number of methoxy groups -OCH3 is 5. The van der Waals surface area contributed by atoms with Crippen molar-refractivity contribution in [1.29, 1.82) is 0 Å². The molecule has 0 atom stereocenters. The van der Waals surface area contributed by atoms with Gasteiger partial charge in [0.05, 0.1) is 52.6 Å². The van der Waals surface area contributed by atoms with Crippen LogP contribution in [0.15, 0.2) is 35.7 Å². The summed E-state index contributed by atoms with van der Waals surface area (Å²) in [4.78, 5) is 24.6. The van der Waals surface area contributed by atoms with E-state index in [1.165, 1.54) is 47.9 Å². The Kier molecular flexibility index (Phi) is 6.11. The van der Waals surface area contributed by atoms with E-state index in [1.807, 2.05) is 0 Å². The lowest BCUT2D eigenvalue weighted by atomic mass is 9.83. The van der Waals surface area contributed by atoms with Crippen LogP contribution in [0, 0.1) is 0 Å². The first-order valence-electron chi connectivity index (χ1n) is 7.65. The lowest BCUT2D eigenvalue weighted by molar-refractivity contribution is -0.137. The summed E-state index contributed by atoms with van der Waals surface area (Å²) in [6.45, 7) is 0. The Labute approximate surface area is 151 Å². The highest BCUT2D eigenvalue weighted by molar-refractivity contribution is 5.99. The van der Waals surface area contributed by atoms with Crippen LogP contribution in [0.4, 0.5) is 0 Å². The number of dihydropyridines is 1. The number of carbonyl (C=O) groups is 2. The minimum Gasteiger partial charge on any atom is -0.496 e. The van der Waals surface area contributed by atoms with Gasteiger partial charge in [0, 0.05) is 24.0 Å². The molecule has 0 aromatic heterocycles. The van der Waals surface area contributed by atoms with Gasteiger partial charge in [-0.25, -0.2) is 9.59 Å². The molecule has 1 aliphatic heterocycles. The van der Waals surface area contributed by atoms with Gasteiger partial charge in [-0.2, -0.15) is 0 Å². The van der Waals surface area contributed by atoms with Gasteiger partial charge in [-0.05, 0) is 6.07 Å². The minimum absolute atomic E-state index is 0.223. The average Bonchev–Trinajstić information content (AvgIpc) is 2.70. The van der Waals surface area contributed by atoms with Gasteiger partial charge in [0.2, 0.25) is 0 Å². The van der Waals surface area contributed by atoms with Crippen LogP contribution < -0.4 is 19.5 Å². The SMILES string of the molecule is COC(=O)C1=CNC=C(C(=O)OC)C1c1cc(OC)c(OC)cc1OC. The van der Waals surface area contributed by atoms with Crippen LogP contribution in [0.5, 0.6) is 17.2 Å². The molecule has 0 saturated carbocycles. The molecule has 0 fully saturated rings. The van der Waals surface area contributed by atoms with Gasteiger partial charge in [-0.15, -0.1) is 0 Å². The molecule has 1 aromatic carbocycles. The lowest BCUT2D eigenvalue weighted by Crippen LogP contribution is -2.26. The summed E-state index contributed by atoms with van der Waals surface area (Å²) in [5, 5.41) is 2.78. The Balaban J connectivity index is 2.70. The largest absolute Gasteiger partial charge is 0.496 e. The Hall–Kier alpha value is -3.16. The molecule has 2 rings (SSSR count). The summed E-state index contributed by atoms with van der Waals surface area (Å²) in [7, 11) is 7.00. The second-order valence-electron chi connectivity index (χ2n) is 5.23. The summed E-state index contributed by atoms with van der Waals surface area (Å²) in [6, 6.07) is 3.28. The van der Waals surface area contributed by atoms with Crippen molar-refractivity contribution in [3.63, 3.8) is 0 Å². The third kappa shape index (κ3) is 3.44. The van der Waals surface area contributed by atoms with Crippen molar-refractivity contribution in [1.82, 2.24) is 5.32 Å². The van der Waals surface area contributed by atoms with Crippen LogP contribution in [0.3, 0.4) is 0 Å². The van der Waals surface area contributed by atoms with E-state index in [4.69, 9.17) is 23.7 Å². The van der Waals surface area contributed by atoms with E-state index in [0.29, 0.717) is 22.8 Å². The molecule has 26 heavy (non-hydrogen) atoms. The molecule has 0 amide bonds. The van der Waals surface area contributed by atoms with E-state index < -0.39 is 17.9 Å². The fourth-order valence-corrected chi connectivity index (χ4v) is 2.76. The fourth-order valence-electron chi connectivity index (χ4n) is 2.76. The number of hydrogen-bond acceptors (Lipinski definition) is 8. The molecule has 0 bridgehead atoms.